The highest BCUT2D eigenvalue weighted by atomic mass is 19.1. The van der Waals surface area contributed by atoms with Gasteiger partial charge in [0.15, 0.2) is 11.6 Å². The molecule has 2 heterocycles. The van der Waals surface area contributed by atoms with Gasteiger partial charge in [-0.2, -0.15) is 0 Å². The van der Waals surface area contributed by atoms with Crippen molar-refractivity contribution < 1.29 is 24.1 Å². The monoisotopic (exact) mass is 409 g/mol. The van der Waals surface area contributed by atoms with Crippen molar-refractivity contribution in [3.63, 3.8) is 0 Å². The van der Waals surface area contributed by atoms with Gasteiger partial charge < -0.3 is 19.7 Å². The van der Waals surface area contributed by atoms with Gasteiger partial charge in [0.1, 0.15) is 11.9 Å². The van der Waals surface area contributed by atoms with Crippen LogP contribution >= 0.6 is 0 Å². The molecule has 0 aliphatic heterocycles. The third-order valence-corrected chi connectivity index (χ3v) is 4.93. The second-order valence-corrected chi connectivity index (χ2v) is 6.97. The molecule has 0 bridgehead atoms. The number of aromatic hydroxyl groups is 1. The van der Waals surface area contributed by atoms with E-state index in [-0.39, 0.29) is 0 Å². The number of aromatic nitrogens is 1. The summed E-state index contributed by atoms with van der Waals surface area (Å²) < 4.78 is 19.0. The minimum atomic E-state index is -1.01. The van der Waals surface area contributed by atoms with Crippen molar-refractivity contribution in [1.29, 1.82) is 0 Å². The van der Waals surface area contributed by atoms with E-state index in [4.69, 9.17) is 4.42 Å². The van der Waals surface area contributed by atoms with Crippen LogP contribution in [-0.4, -0.2) is 26.4 Å². The Hall–Kier alpha value is -3.22. The van der Waals surface area contributed by atoms with Gasteiger partial charge in [-0.25, -0.2) is 4.39 Å². The summed E-state index contributed by atoms with van der Waals surface area (Å²) in [4.78, 5) is 4.36. The highest BCUT2D eigenvalue weighted by molar-refractivity contribution is 5.80. The summed E-state index contributed by atoms with van der Waals surface area (Å²) in [5.41, 5.74) is 2.05. The molecule has 0 aliphatic carbocycles. The van der Waals surface area contributed by atoms with Gasteiger partial charge in [-0.3, -0.25) is 4.98 Å². The van der Waals surface area contributed by atoms with E-state index in [2.05, 4.69) is 11.6 Å². The number of halogens is 1. The Labute approximate surface area is 174 Å². The minimum Gasteiger partial charge on any atom is -0.505 e. The third-order valence-electron chi connectivity index (χ3n) is 4.93. The van der Waals surface area contributed by atoms with Crippen molar-refractivity contribution in [2.24, 2.45) is 5.92 Å². The molecule has 0 spiro atoms. The van der Waals surface area contributed by atoms with Crippen molar-refractivity contribution in [1.82, 2.24) is 4.98 Å². The number of aliphatic hydroxyl groups excluding tert-OH is 2. The first-order chi connectivity index (χ1) is 14.5. The molecule has 30 heavy (non-hydrogen) atoms. The number of nitrogens with zero attached hydrogens (tertiary/aromatic N) is 1. The number of pyridine rings is 1. The van der Waals surface area contributed by atoms with E-state index in [1.54, 1.807) is 36.5 Å². The van der Waals surface area contributed by atoms with Crippen molar-refractivity contribution in [3.8, 4) is 5.75 Å². The zero-order valence-corrected chi connectivity index (χ0v) is 16.4. The summed E-state index contributed by atoms with van der Waals surface area (Å²) in [5, 5.41) is 30.6. The predicted octanol–water partition coefficient (Wildman–Crippen LogP) is 4.74. The van der Waals surface area contributed by atoms with Crippen LogP contribution in [0.1, 0.15) is 36.0 Å². The highest BCUT2D eigenvalue weighted by Crippen LogP contribution is 2.31. The number of hydrogen-bond donors (Lipinski definition) is 3. The van der Waals surface area contributed by atoms with Crippen molar-refractivity contribution >= 4 is 11.6 Å². The number of rotatable bonds is 9. The summed E-state index contributed by atoms with van der Waals surface area (Å²) in [6.45, 7) is 3.73. The fourth-order valence-corrected chi connectivity index (χ4v) is 3.28. The first kappa shape index (κ1) is 21.5. The average molecular weight is 409 g/mol. The van der Waals surface area contributed by atoms with Crippen LogP contribution in [0.15, 0.2) is 78.1 Å². The molecule has 5 nitrogen and oxygen atoms in total. The summed E-state index contributed by atoms with van der Waals surface area (Å²) in [6, 6.07) is 12.9. The van der Waals surface area contributed by atoms with Gasteiger partial charge in [0.2, 0.25) is 0 Å². The average Bonchev–Trinajstić information content (AvgIpc) is 3.29. The molecule has 3 aromatic rings. The van der Waals surface area contributed by atoms with Gasteiger partial charge in [-0.05, 0) is 66.5 Å². The van der Waals surface area contributed by atoms with E-state index in [0.717, 1.165) is 5.57 Å². The summed E-state index contributed by atoms with van der Waals surface area (Å²) >= 11 is 0. The lowest BCUT2D eigenvalue weighted by molar-refractivity contribution is 0.0214. The standard InChI is InChI=1S/C24H24FNO4/c1-2-18(24(29)23-7-5-13-30-23)21(27)11-9-17(20-6-3-4-12-26-20)14-16-8-10-22(28)19(25)15-16/h2-8,10,12-15,18,21,24,27-29H,1,9,11H2/b17-14-/t18-,21-,24+/m1/s1. The lowest BCUT2D eigenvalue weighted by Gasteiger charge is -2.24. The van der Waals surface area contributed by atoms with Gasteiger partial charge >= 0.3 is 0 Å². The quantitative estimate of drug-likeness (QED) is 0.445. The van der Waals surface area contributed by atoms with Crippen LogP contribution in [-0.2, 0) is 0 Å². The van der Waals surface area contributed by atoms with Crippen LogP contribution in [0, 0.1) is 11.7 Å². The topological polar surface area (TPSA) is 86.7 Å². The maximum atomic E-state index is 13.7. The van der Waals surface area contributed by atoms with E-state index in [1.807, 2.05) is 12.1 Å². The Morgan fingerprint density at radius 2 is 2.00 bits per heavy atom. The lowest BCUT2D eigenvalue weighted by Crippen LogP contribution is -2.25. The molecule has 0 amide bonds. The largest absolute Gasteiger partial charge is 0.505 e. The number of aliphatic hydroxyl groups is 2. The van der Waals surface area contributed by atoms with E-state index in [9.17, 15) is 19.7 Å². The summed E-state index contributed by atoms with van der Waals surface area (Å²) in [6.07, 6.45) is 5.24. The van der Waals surface area contributed by atoms with Crippen LogP contribution in [0.5, 0.6) is 5.75 Å². The second-order valence-electron chi connectivity index (χ2n) is 6.97. The molecule has 1 aromatic carbocycles. The fraction of sp³-hybridized carbons (Fsp3) is 0.208. The van der Waals surface area contributed by atoms with Crippen LogP contribution in [0.25, 0.3) is 11.6 Å². The smallest absolute Gasteiger partial charge is 0.165 e. The van der Waals surface area contributed by atoms with Crippen molar-refractivity contribution in [3.05, 3.63) is 96.5 Å². The molecule has 0 aliphatic rings. The Bertz CT molecular complexity index is 986. The first-order valence-electron chi connectivity index (χ1n) is 9.62. The van der Waals surface area contributed by atoms with Crippen LogP contribution in [0.3, 0.4) is 0 Å². The molecule has 3 atom stereocenters. The van der Waals surface area contributed by atoms with Gasteiger partial charge in [0, 0.05) is 12.1 Å². The third kappa shape index (κ3) is 5.23. The number of phenols is 1. The Morgan fingerprint density at radius 1 is 1.17 bits per heavy atom. The molecule has 156 valence electrons. The van der Waals surface area contributed by atoms with Gasteiger partial charge in [-0.15, -0.1) is 6.58 Å². The molecular formula is C24H24FNO4. The normalized spacial score (nSPS) is 14.8. The van der Waals surface area contributed by atoms with Crippen LogP contribution in [0.2, 0.25) is 0 Å². The summed E-state index contributed by atoms with van der Waals surface area (Å²) in [7, 11) is 0. The maximum Gasteiger partial charge on any atom is 0.165 e. The molecule has 0 fully saturated rings. The molecule has 0 unspecified atom stereocenters. The molecule has 0 saturated carbocycles. The second kappa shape index (κ2) is 10.0. The van der Waals surface area contributed by atoms with Gasteiger partial charge in [0.05, 0.1) is 18.1 Å². The molecule has 6 heteroatoms. The summed E-state index contributed by atoms with van der Waals surface area (Å²) in [5.74, 6) is -1.38. The zero-order valence-electron chi connectivity index (χ0n) is 16.4. The van der Waals surface area contributed by atoms with Crippen LogP contribution in [0.4, 0.5) is 4.39 Å². The lowest BCUT2D eigenvalue weighted by atomic mass is 9.89. The van der Waals surface area contributed by atoms with Gasteiger partial charge in [0.25, 0.3) is 0 Å². The zero-order chi connectivity index (χ0) is 21.5. The molecule has 0 saturated heterocycles. The fourth-order valence-electron chi connectivity index (χ4n) is 3.28. The molecule has 0 radical (unpaired) electrons. The SMILES string of the molecule is C=C[C@H]([C@H](O)CC/C(=C/c1ccc(O)c(F)c1)c1ccccn1)[C@H](O)c1ccco1. The van der Waals surface area contributed by atoms with E-state index in [0.29, 0.717) is 29.9 Å². The number of furan rings is 1. The molecule has 3 N–H and O–H groups in total. The Kier molecular flexibility index (Phi) is 7.17. The van der Waals surface area contributed by atoms with Gasteiger partial charge in [-0.1, -0.05) is 18.2 Å². The molecular weight excluding hydrogens is 385 g/mol. The predicted molar refractivity (Wildman–Crippen MR) is 113 cm³/mol. The highest BCUT2D eigenvalue weighted by Gasteiger charge is 2.27. The van der Waals surface area contributed by atoms with E-state index < -0.39 is 29.7 Å². The first-order valence-corrected chi connectivity index (χ1v) is 9.62. The number of benzene rings is 1. The Balaban J connectivity index is 1.80. The van der Waals surface area contributed by atoms with E-state index in [1.165, 1.54) is 24.5 Å². The number of phenolic OH excluding ortho intramolecular Hbond substituents is 1. The van der Waals surface area contributed by atoms with Crippen molar-refractivity contribution in [2.75, 3.05) is 0 Å². The van der Waals surface area contributed by atoms with Crippen molar-refractivity contribution in [2.45, 2.75) is 25.0 Å². The van der Waals surface area contributed by atoms with E-state index >= 15 is 0 Å². The number of allylic oxidation sites excluding steroid dienone is 1. The molecule has 3 rings (SSSR count). The Morgan fingerprint density at radius 3 is 2.63 bits per heavy atom. The molecule has 2 aromatic heterocycles. The maximum absolute atomic E-state index is 13.7. The number of hydrogen-bond acceptors (Lipinski definition) is 5. The van der Waals surface area contributed by atoms with Crippen LogP contribution < -0.4 is 0 Å². The minimum absolute atomic E-state index is 0.317.